The van der Waals surface area contributed by atoms with Gasteiger partial charge in [0.1, 0.15) is 0 Å². The monoisotopic (exact) mass is 1450 g/mol. The van der Waals surface area contributed by atoms with Crippen molar-refractivity contribution in [2.24, 2.45) is 0 Å². The number of para-hydroxylation sites is 4. The molecular formula is C108H74N4Si. The molecule has 0 spiro atoms. The summed E-state index contributed by atoms with van der Waals surface area (Å²) in [6.07, 6.45) is 0. The Labute approximate surface area is 657 Å². The quantitative estimate of drug-likeness (QED) is 0.0810. The van der Waals surface area contributed by atoms with E-state index in [9.17, 15) is 0 Å². The Morgan fingerprint density at radius 1 is 0.124 bits per heavy atom. The van der Waals surface area contributed by atoms with Gasteiger partial charge in [-0.1, -0.05) is 328 Å². The van der Waals surface area contributed by atoms with Gasteiger partial charge < -0.3 is 18.3 Å². The summed E-state index contributed by atoms with van der Waals surface area (Å²) in [4.78, 5) is 0. The molecule has 0 atom stereocenters. The van der Waals surface area contributed by atoms with Gasteiger partial charge >= 0.3 is 0 Å². The first-order valence-electron chi connectivity index (χ1n) is 38.9. The Balaban J connectivity index is 0.000000146. The van der Waals surface area contributed by atoms with Crippen molar-refractivity contribution >= 4 is 116 Å². The maximum absolute atomic E-state index is 2.73. The van der Waals surface area contributed by atoms with E-state index in [2.05, 4.69) is 467 Å². The van der Waals surface area contributed by atoms with Crippen LogP contribution in [0.25, 0.3) is 166 Å². The molecule has 0 saturated carbocycles. The predicted octanol–water partition coefficient (Wildman–Crippen LogP) is 25.5. The van der Waals surface area contributed by atoms with Crippen molar-refractivity contribution in [3.05, 3.63) is 449 Å². The van der Waals surface area contributed by atoms with Crippen LogP contribution in [0.15, 0.2) is 449 Å². The molecule has 0 unspecified atom stereocenters. The van der Waals surface area contributed by atoms with Crippen molar-refractivity contribution in [1.82, 2.24) is 18.3 Å². The lowest BCUT2D eigenvalue weighted by atomic mass is 10.0. The zero-order valence-electron chi connectivity index (χ0n) is 62.0. The normalized spacial score (nSPS) is 11.7. The van der Waals surface area contributed by atoms with Crippen LogP contribution in [-0.2, 0) is 0 Å². The van der Waals surface area contributed by atoms with Gasteiger partial charge in [0.25, 0.3) is 0 Å². The van der Waals surface area contributed by atoms with Crippen LogP contribution in [0.3, 0.4) is 0 Å². The highest BCUT2D eigenvalue weighted by molar-refractivity contribution is 7.20. The van der Waals surface area contributed by atoms with Crippen molar-refractivity contribution in [2.45, 2.75) is 0 Å². The lowest BCUT2D eigenvalue weighted by molar-refractivity contribution is 1.18. The van der Waals surface area contributed by atoms with Crippen LogP contribution in [0.1, 0.15) is 0 Å². The summed E-state index contributed by atoms with van der Waals surface area (Å²) >= 11 is 0. The van der Waals surface area contributed by atoms with E-state index in [1.54, 1.807) is 0 Å². The molecule has 22 aromatic rings. The van der Waals surface area contributed by atoms with Gasteiger partial charge in [-0.05, 0) is 198 Å². The second kappa shape index (κ2) is 28.1. The molecular weight excluding hydrogens is 1380 g/mol. The van der Waals surface area contributed by atoms with Crippen LogP contribution in [0, 0.1) is 0 Å². The standard InChI is InChI=1S/C60H42N2Si.C48H32N2/c1-5-19-43(20-6-1)44-21-17-22-47(39-44)61-57-33-15-13-31-53(57)55-40-45(35-37-59(55)61)46-36-38-60-56(41-46)54-32-14-16-34-58(54)62(60)48-23-18-30-52(42-48)63(49-24-7-2-8-25-49,50-26-9-3-10-27-50)51-28-11-4-12-29-51;1-3-11-33(12-4-1)35-19-25-39(26-20-35)49-45-17-9-7-15-41(45)43-31-37(23-29-47(43)49)38-24-30-48-44(32-38)42-16-8-10-18-46(42)50(48)40-27-21-36(22-28-40)34-13-5-2-6-14-34/h1-42H;1-32H. The summed E-state index contributed by atoms with van der Waals surface area (Å²) in [7, 11) is -2.73. The molecule has 113 heavy (non-hydrogen) atoms. The summed E-state index contributed by atoms with van der Waals surface area (Å²) in [5, 5.41) is 15.5. The highest BCUT2D eigenvalue weighted by atomic mass is 28.3. The molecule has 5 heteroatoms. The number of hydrogen-bond acceptors (Lipinski definition) is 0. The van der Waals surface area contributed by atoms with E-state index in [1.165, 1.54) is 164 Å². The summed E-state index contributed by atoms with van der Waals surface area (Å²) in [6.45, 7) is 0. The average Bonchev–Trinajstić information content (AvgIpc) is 0.983. The Bertz CT molecular complexity index is 7010. The number of hydrogen-bond donors (Lipinski definition) is 0. The average molecular weight is 1460 g/mol. The fraction of sp³-hybridized carbons (Fsp3) is 0. The number of fused-ring (bicyclic) bond motifs is 12. The van der Waals surface area contributed by atoms with Gasteiger partial charge in [-0.3, -0.25) is 0 Å². The molecule has 18 aromatic carbocycles. The molecule has 530 valence electrons. The van der Waals surface area contributed by atoms with Crippen molar-refractivity contribution in [3.8, 4) is 78.4 Å². The fourth-order valence-electron chi connectivity index (χ4n) is 18.0. The Kier molecular flexibility index (Phi) is 16.6. The number of aromatic nitrogens is 4. The predicted molar refractivity (Wildman–Crippen MR) is 481 cm³/mol. The van der Waals surface area contributed by atoms with Crippen LogP contribution in [0.4, 0.5) is 0 Å². The SMILES string of the molecule is c1ccc(-c2ccc(-n3c4ccccc4c4cc(-c5ccc6c(c5)c5ccccc5n6-c5ccc(-c6ccccc6)cc5)ccc43)cc2)cc1.c1ccc(-c2cccc(-n3c4ccccc4c4cc(-c5ccc6c(c5)c5ccccc5n6-c5cccc([Si](c6ccccc6)(c6ccccc6)c6ccccc6)c5)ccc43)c2)cc1. The van der Waals surface area contributed by atoms with Crippen molar-refractivity contribution in [3.63, 3.8) is 0 Å². The van der Waals surface area contributed by atoms with Gasteiger partial charge in [-0.2, -0.15) is 0 Å². The van der Waals surface area contributed by atoms with E-state index < -0.39 is 8.07 Å². The fourth-order valence-corrected chi connectivity index (χ4v) is 22.8. The van der Waals surface area contributed by atoms with E-state index in [0.29, 0.717) is 0 Å². The maximum atomic E-state index is 2.47. The first-order chi connectivity index (χ1) is 56.1. The maximum Gasteiger partial charge on any atom is 0.179 e. The van der Waals surface area contributed by atoms with Gasteiger partial charge in [0, 0.05) is 65.8 Å². The third-order valence-electron chi connectivity index (χ3n) is 23.2. The highest BCUT2D eigenvalue weighted by Gasteiger charge is 2.41. The number of nitrogens with zero attached hydrogens (tertiary/aromatic N) is 4. The van der Waals surface area contributed by atoms with E-state index in [4.69, 9.17) is 0 Å². The molecule has 0 aliphatic heterocycles. The Morgan fingerprint density at radius 2 is 0.345 bits per heavy atom. The summed E-state index contributed by atoms with van der Waals surface area (Å²) in [5.41, 5.74) is 26.4. The largest absolute Gasteiger partial charge is 0.309 e. The highest BCUT2D eigenvalue weighted by Crippen LogP contribution is 2.42. The first kappa shape index (κ1) is 66.6. The second-order valence-corrected chi connectivity index (χ2v) is 33.3. The summed E-state index contributed by atoms with van der Waals surface area (Å²) in [5.74, 6) is 0. The van der Waals surface area contributed by atoms with E-state index in [1.807, 2.05) is 0 Å². The van der Waals surface area contributed by atoms with Gasteiger partial charge in [0.05, 0.1) is 44.1 Å². The molecule has 4 nitrogen and oxygen atoms in total. The first-order valence-corrected chi connectivity index (χ1v) is 40.9. The van der Waals surface area contributed by atoms with E-state index in [0.717, 1.165) is 22.7 Å². The molecule has 0 saturated heterocycles. The van der Waals surface area contributed by atoms with Gasteiger partial charge in [0.2, 0.25) is 0 Å². The molecule has 0 fully saturated rings. The van der Waals surface area contributed by atoms with Gasteiger partial charge in [0.15, 0.2) is 8.07 Å². The Morgan fingerprint density at radius 3 is 0.681 bits per heavy atom. The number of rotatable bonds is 13. The van der Waals surface area contributed by atoms with Crippen LogP contribution >= 0.6 is 0 Å². The molecule has 0 radical (unpaired) electrons. The van der Waals surface area contributed by atoms with E-state index in [-0.39, 0.29) is 0 Å². The third-order valence-corrected chi connectivity index (χ3v) is 28.0. The second-order valence-electron chi connectivity index (χ2n) is 29.5. The Hall–Kier alpha value is -14.6. The molecule has 4 aromatic heterocycles. The topological polar surface area (TPSA) is 19.7 Å². The molecule has 0 bridgehead atoms. The molecule has 0 N–H and O–H groups in total. The van der Waals surface area contributed by atoms with E-state index >= 15 is 0 Å². The van der Waals surface area contributed by atoms with Crippen LogP contribution in [-0.4, -0.2) is 26.3 Å². The van der Waals surface area contributed by atoms with Gasteiger partial charge in [-0.15, -0.1) is 0 Å². The minimum absolute atomic E-state index is 1.16. The van der Waals surface area contributed by atoms with Crippen molar-refractivity contribution in [1.29, 1.82) is 0 Å². The third kappa shape index (κ3) is 11.5. The molecule has 0 aliphatic carbocycles. The molecule has 0 amide bonds. The van der Waals surface area contributed by atoms with Crippen molar-refractivity contribution in [2.75, 3.05) is 0 Å². The molecule has 22 rings (SSSR count). The minimum Gasteiger partial charge on any atom is -0.309 e. The lowest BCUT2D eigenvalue weighted by Crippen LogP contribution is -2.74. The number of benzene rings is 18. The summed E-state index contributed by atoms with van der Waals surface area (Å²) < 4.78 is 9.67. The van der Waals surface area contributed by atoms with Crippen LogP contribution < -0.4 is 20.7 Å². The zero-order valence-corrected chi connectivity index (χ0v) is 63.0. The summed E-state index contributed by atoms with van der Waals surface area (Å²) in [6, 6.07) is 165. The smallest absolute Gasteiger partial charge is 0.179 e. The van der Waals surface area contributed by atoms with Crippen LogP contribution in [0.5, 0.6) is 0 Å². The van der Waals surface area contributed by atoms with Gasteiger partial charge in [-0.25, -0.2) is 0 Å². The minimum atomic E-state index is -2.73. The molecule has 0 aliphatic rings. The van der Waals surface area contributed by atoms with Crippen LogP contribution in [0.2, 0.25) is 0 Å². The zero-order chi connectivity index (χ0) is 74.8. The molecule has 4 heterocycles. The van der Waals surface area contributed by atoms with Crippen molar-refractivity contribution < 1.29 is 0 Å². The lowest BCUT2D eigenvalue weighted by Gasteiger charge is -2.34.